The number of carbonyl (C=O) groups excluding carboxylic acids is 1. The Morgan fingerprint density at radius 3 is 2.76 bits per heavy atom. The molecule has 0 bridgehead atoms. The van der Waals surface area contributed by atoms with E-state index in [1.807, 2.05) is 12.1 Å². The summed E-state index contributed by atoms with van der Waals surface area (Å²) in [5, 5.41) is 2.88. The molecule has 1 amide bonds. The molecule has 0 aromatic heterocycles. The molecule has 0 aliphatic carbocycles. The van der Waals surface area contributed by atoms with Crippen LogP contribution in [0.5, 0.6) is 17.2 Å². The van der Waals surface area contributed by atoms with Gasteiger partial charge in [0.05, 0.1) is 6.61 Å². The summed E-state index contributed by atoms with van der Waals surface area (Å²) in [6, 6.07) is 11.8. The number of carbonyl (C=O) groups is 1. The fourth-order valence-corrected chi connectivity index (χ4v) is 3.27. The molecule has 0 saturated carbocycles. The number of piperidine rings is 1. The first-order valence-electron chi connectivity index (χ1n) is 8.23. The first kappa shape index (κ1) is 15.7. The van der Waals surface area contributed by atoms with Crippen LogP contribution in [0, 0.1) is 11.7 Å². The molecule has 0 spiro atoms. The number of hydrogen-bond acceptors (Lipinski definition) is 4. The zero-order chi connectivity index (χ0) is 17.2. The highest BCUT2D eigenvalue weighted by Gasteiger charge is 2.31. The van der Waals surface area contributed by atoms with Crippen LogP contribution >= 0.6 is 0 Å². The third kappa shape index (κ3) is 3.38. The van der Waals surface area contributed by atoms with E-state index in [2.05, 4.69) is 5.32 Å². The average Bonchev–Trinajstić information content (AvgIpc) is 3.09. The Kier molecular flexibility index (Phi) is 4.17. The molecule has 25 heavy (non-hydrogen) atoms. The Bertz CT molecular complexity index is 777. The van der Waals surface area contributed by atoms with E-state index in [1.54, 1.807) is 18.2 Å². The van der Waals surface area contributed by atoms with Gasteiger partial charge in [-0.25, -0.2) is 4.39 Å². The maximum absolute atomic E-state index is 13.2. The number of fused-ring (bicyclic) bond motifs is 1. The van der Waals surface area contributed by atoms with Crippen molar-refractivity contribution in [1.82, 2.24) is 5.32 Å². The number of hydrogen-bond donors (Lipinski definition) is 1. The molecule has 4 rings (SSSR count). The predicted molar refractivity (Wildman–Crippen MR) is 88.3 cm³/mol. The zero-order valence-corrected chi connectivity index (χ0v) is 13.5. The van der Waals surface area contributed by atoms with Gasteiger partial charge in [0.1, 0.15) is 11.6 Å². The highest BCUT2D eigenvalue weighted by atomic mass is 19.1. The molecule has 2 aliphatic heterocycles. The van der Waals surface area contributed by atoms with Crippen LogP contribution in [0.1, 0.15) is 17.9 Å². The lowest BCUT2D eigenvalue weighted by molar-refractivity contribution is -0.123. The Morgan fingerprint density at radius 1 is 1.12 bits per heavy atom. The quantitative estimate of drug-likeness (QED) is 0.927. The first-order valence-corrected chi connectivity index (χ1v) is 8.23. The lowest BCUT2D eigenvalue weighted by atomic mass is 9.81. The van der Waals surface area contributed by atoms with Gasteiger partial charge in [0, 0.05) is 30.9 Å². The zero-order valence-electron chi connectivity index (χ0n) is 13.5. The minimum absolute atomic E-state index is 0.00311. The predicted octanol–water partition coefficient (Wildman–Crippen LogP) is 2.85. The third-order valence-electron chi connectivity index (χ3n) is 4.64. The molecule has 2 aliphatic rings. The average molecular weight is 343 g/mol. The van der Waals surface area contributed by atoms with E-state index in [1.165, 1.54) is 12.1 Å². The highest BCUT2D eigenvalue weighted by Crippen LogP contribution is 2.36. The largest absolute Gasteiger partial charge is 0.493 e. The summed E-state index contributed by atoms with van der Waals surface area (Å²) >= 11 is 0. The second-order valence-electron chi connectivity index (χ2n) is 6.25. The van der Waals surface area contributed by atoms with Crippen LogP contribution in [0.4, 0.5) is 4.39 Å². The minimum atomic E-state index is -0.280. The number of amides is 1. The molecule has 2 atom stereocenters. The molecule has 2 aromatic carbocycles. The summed E-state index contributed by atoms with van der Waals surface area (Å²) in [6.45, 7) is 1.20. The molecule has 1 N–H and O–H groups in total. The molecule has 2 heterocycles. The lowest BCUT2D eigenvalue weighted by Gasteiger charge is -2.31. The van der Waals surface area contributed by atoms with E-state index in [0.717, 1.165) is 5.56 Å². The molecule has 2 unspecified atom stereocenters. The Hall–Kier alpha value is -2.76. The molecule has 0 radical (unpaired) electrons. The van der Waals surface area contributed by atoms with E-state index in [4.69, 9.17) is 14.2 Å². The van der Waals surface area contributed by atoms with Gasteiger partial charge in [-0.3, -0.25) is 4.79 Å². The van der Waals surface area contributed by atoms with E-state index >= 15 is 0 Å². The van der Waals surface area contributed by atoms with Crippen LogP contribution < -0.4 is 19.5 Å². The smallest absolute Gasteiger partial charge is 0.231 e. The monoisotopic (exact) mass is 343 g/mol. The summed E-state index contributed by atoms with van der Waals surface area (Å²) in [7, 11) is 0. The van der Waals surface area contributed by atoms with Crippen molar-refractivity contribution in [2.75, 3.05) is 19.9 Å². The summed E-state index contributed by atoms with van der Waals surface area (Å²) < 4.78 is 29.7. The van der Waals surface area contributed by atoms with Crippen LogP contribution in [-0.2, 0) is 4.79 Å². The van der Waals surface area contributed by atoms with Gasteiger partial charge >= 0.3 is 0 Å². The van der Waals surface area contributed by atoms with Crippen molar-refractivity contribution in [3.05, 3.63) is 53.8 Å². The molecule has 2 aromatic rings. The standard InChI is InChI=1S/C19H18FNO4/c20-14-3-1-12(2-4-14)16-8-19(22)21-9-13(16)10-23-15-5-6-17-18(7-15)25-11-24-17/h1-7,13,16H,8-11H2,(H,21,22). The van der Waals surface area contributed by atoms with Crippen molar-refractivity contribution >= 4 is 5.91 Å². The Morgan fingerprint density at radius 2 is 1.92 bits per heavy atom. The van der Waals surface area contributed by atoms with Crippen LogP contribution in [0.25, 0.3) is 0 Å². The molecule has 1 saturated heterocycles. The minimum Gasteiger partial charge on any atom is -0.493 e. The molecular formula is C19H18FNO4. The fourth-order valence-electron chi connectivity index (χ4n) is 3.27. The van der Waals surface area contributed by atoms with Gasteiger partial charge < -0.3 is 19.5 Å². The van der Waals surface area contributed by atoms with Gasteiger partial charge in [0.25, 0.3) is 0 Å². The van der Waals surface area contributed by atoms with Crippen molar-refractivity contribution in [3.63, 3.8) is 0 Å². The van der Waals surface area contributed by atoms with Gasteiger partial charge in [-0.15, -0.1) is 0 Å². The van der Waals surface area contributed by atoms with Crippen molar-refractivity contribution in [2.24, 2.45) is 5.92 Å². The van der Waals surface area contributed by atoms with Gasteiger partial charge in [-0.2, -0.15) is 0 Å². The molecule has 5 nitrogen and oxygen atoms in total. The first-order chi connectivity index (χ1) is 12.2. The lowest BCUT2D eigenvalue weighted by Crippen LogP contribution is -2.42. The van der Waals surface area contributed by atoms with Gasteiger partial charge in [-0.05, 0) is 29.8 Å². The van der Waals surface area contributed by atoms with E-state index in [9.17, 15) is 9.18 Å². The van der Waals surface area contributed by atoms with Crippen LogP contribution in [-0.4, -0.2) is 25.9 Å². The van der Waals surface area contributed by atoms with E-state index < -0.39 is 0 Å². The third-order valence-corrected chi connectivity index (χ3v) is 4.64. The molecule has 1 fully saturated rings. The Balaban J connectivity index is 1.47. The summed E-state index contributed by atoms with van der Waals surface area (Å²) in [4.78, 5) is 11.8. The second-order valence-corrected chi connectivity index (χ2v) is 6.25. The maximum atomic E-state index is 13.2. The fraction of sp³-hybridized carbons (Fsp3) is 0.316. The molecular weight excluding hydrogens is 325 g/mol. The normalized spacial score (nSPS) is 21.7. The van der Waals surface area contributed by atoms with Gasteiger partial charge in [0.15, 0.2) is 11.5 Å². The second kappa shape index (κ2) is 6.63. The van der Waals surface area contributed by atoms with E-state index in [-0.39, 0.29) is 30.4 Å². The Labute approximate surface area is 144 Å². The summed E-state index contributed by atoms with van der Waals surface area (Å²) in [5.74, 6) is 1.91. The number of nitrogens with one attached hydrogen (secondary N) is 1. The van der Waals surface area contributed by atoms with Crippen LogP contribution in [0.15, 0.2) is 42.5 Å². The van der Waals surface area contributed by atoms with E-state index in [0.29, 0.717) is 36.8 Å². The van der Waals surface area contributed by atoms with Crippen molar-refractivity contribution < 1.29 is 23.4 Å². The number of halogens is 1. The van der Waals surface area contributed by atoms with Crippen molar-refractivity contribution in [3.8, 4) is 17.2 Å². The van der Waals surface area contributed by atoms with Crippen LogP contribution in [0.2, 0.25) is 0 Å². The summed E-state index contributed by atoms with van der Waals surface area (Å²) in [5.41, 5.74) is 0.954. The molecule has 6 heteroatoms. The topological polar surface area (TPSA) is 56.8 Å². The molecule has 130 valence electrons. The number of benzene rings is 2. The highest BCUT2D eigenvalue weighted by molar-refractivity contribution is 5.78. The van der Waals surface area contributed by atoms with Gasteiger partial charge in [-0.1, -0.05) is 12.1 Å². The summed E-state index contributed by atoms with van der Waals surface area (Å²) in [6.07, 6.45) is 0.376. The van der Waals surface area contributed by atoms with Crippen molar-refractivity contribution in [2.45, 2.75) is 12.3 Å². The number of ether oxygens (including phenoxy) is 3. The number of rotatable bonds is 4. The van der Waals surface area contributed by atoms with Crippen LogP contribution in [0.3, 0.4) is 0 Å². The maximum Gasteiger partial charge on any atom is 0.231 e. The van der Waals surface area contributed by atoms with Crippen molar-refractivity contribution in [1.29, 1.82) is 0 Å². The SMILES string of the molecule is O=C1CC(c2ccc(F)cc2)C(COc2ccc3c(c2)OCO3)CN1. The van der Waals surface area contributed by atoms with Gasteiger partial charge in [0.2, 0.25) is 12.7 Å².